The van der Waals surface area contributed by atoms with Crippen LogP contribution in [0.4, 0.5) is 5.69 Å². The maximum Gasteiger partial charge on any atom is 0.274 e. The number of carbonyl (C=O) groups excluding carboxylic acids is 1. The summed E-state index contributed by atoms with van der Waals surface area (Å²) in [6.07, 6.45) is 1.91. The van der Waals surface area contributed by atoms with Crippen LogP contribution in [-0.4, -0.2) is 26.9 Å². The molecule has 1 amide bonds. The van der Waals surface area contributed by atoms with Gasteiger partial charge in [-0.2, -0.15) is 0 Å². The van der Waals surface area contributed by atoms with Crippen LogP contribution in [0.5, 0.6) is 5.75 Å². The third kappa shape index (κ3) is 3.53. The van der Waals surface area contributed by atoms with Gasteiger partial charge in [0.25, 0.3) is 5.69 Å². The highest BCUT2D eigenvalue weighted by Gasteiger charge is 2.33. The fourth-order valence-corrected chi connectivity index (χ4v) is 2.74. The Morgan fingerprint density at radius 2 is 1.75 bits per heavy atom. The van der Waals surface area contributed by atoms with Gasteiger partial charge in [0.15, 0.2) is 0 Å². The number of phenols is 1. The van der Waals surface area contributed by atoms with Gasteiger partial charge in [0.1, 0.15) is 5.75 Å². The van der Waals surface area contributed by atoms with Gasteiger partial charge in [-0.3, -0.25) is 14.9 Å². The molecule has 0 bridgehead atoms. The van der Waals surface area contributed by atoms with E-state index in [2.05, 4.69) is 0 Å². The van der Waals surface area contributed by atoms with Gasteiger partial charge >= 0.3 is 0 Å². The standard InChI is InChI=1S/C18H18N2O4/c21-17-8-4-2-5-13(17)11-18(22)19(15-9-10-15)12-14-6-1-3-7-16(14)20(23)24/h1-8,15,21H,9-12H2. The summed E-state index contributed by atoms with van der Waals surface area (Å²) in [5.41, 5.74) is 1.12. The topological polar surface area (TPSA) is 83.7 Å². The molecule has 1 aliphatic carbocycles. The van der Waals surface area contributed by atoms with Crippen LogP contribution < -0.4 is 0 Å². The van der Waals surface area contributed by atoms with Gasteiger partial charge in [-0.05, 0) is 18.9 Å². The molecule has 0 unspecified atom stereocenters. The second-order valence-electron chi connectivity index (χ2n) is 5.94. The summed E-state index contributed by atoms with van der Waals surface area (Å²) in [4.78, 5) is 25.1. The third-order valence-electron chi connectivity index (χ3n) is 4.17. The molecule has 124 valence electrons. The lowest BCUT2D eigenvalue weighted by Gasteiger charge is -2.22. The molecular formula is C18H18N2O4. The number of rotatable bonds is 6. The van der Waals surface area contributed by atoms with Crippen molar-refractivity contribution in [2.45, 2.75) is 31.8 Å². The predicted molar refractivity (Wildman–Crippen MR) is 88.5 cm³/mol. The van der Waals surface area contributed by atoms with Crippen molar-refractivity contribution in [3.05, 3.63) is 69.8 Å². The Morgan fingerprint density at radius 3 is 2.38 bits per heavy atom. The number of amides is 1. The summed E-state index contributed by atoms with van der Waals surface area (Å²) in [6.45, 7) is 0.217. The number of nitrogens with zero attached hydrogens (tertiary/aromatic N) is 2. The normalized spacial score (nSPS) is 13.5. The molecule has 1 fully saturated rings. The summed E-state index contributed by atoms with van der Waals surface area (Å²) < 4.78 is 0. The van der Waals surface area contributed by atoms with Gasteiger partial charge in [-0.15, -0.1) is 0 Å². The Labute approximate surface area is 139 Å². The van der Waals surface area contributed by atoms with E-state index in [9.17, 15) is 20.0 Å². The van der Waals surface area contributed by atoms with Crippen molar-refractivity contribution in [1.29, 1.82) is 0 Å². The molecule has 0 radical (unpaired) electrons. The highest BCUT2D eigenvalue weighted by atomic mass is 16.6. The minimum absolute atomic E-state index is 0.0264. The second kappa shape index (κ2) is 6.70. The van der Waals surface area contributed by atoms with Crippen LogP contribution in [-0.2, 0) is 17.8 Å². The molecule has 1 saturated carbocycles. The van der Waals surface area contributed by atoms with Crippen molar-refractivity contribution in [3.63, 3.8) is 0 Å². The smallest absolute Gasteiger partial charge is 0.274 e. The van der Waals surface area contributed by atoms with Crippen LogP contribution in [0.25, 0.3) is 0 Å². The molecule has 24 heavy (non-hydrogen) atoms. The van der Waals surface area contributed by atoms with Crippen molar-refractivity contribution in [2.24, 2.45) is 0 Å². The highest BCUT2D eigenvalue weighted by molar-refractivity contribution is 5.80. The average Bonchev–Trinajstić information content (AvgIpc) is 3.39. The first-order valence-corrected chi connectivity index (χ1v) is 7.85. The number of hydrogen-bond acceptors (Lipinski definition) is 4. The zero-order valence-corrected chi connectivity index (χ0v) is 13.1. The lowest BCUT2D eigenvalue weighted by molar-refractivity contribution is -0.385. The fourth-order valence-electron chi connectivity index (χ4n) is 2.74. The van der Waals surface area contributed by atoms with Crippen molar-refractivity contribution < 1.29 is 14.8 Å². The van der Waals surface area contributed by atoms with E-state index in [1.54, 1.807) is 47.4 Å². The molecule has 2 aromatic carbocycles. The Kier molecular flexibility index (Phi) is 4.46. The quantitative estimate of drug-likeness (QED) is 0.653. The van der Waals surface area contributed by atoms with E-state index >= 15 is 0 Å². The molecule has 0 aliphatic heterocycles. The molecule has 0 saturated heterocycles. The average molecular weight is 326 g/mol. The maximum atomic E-state index is 12.7. The molecule has 1 N–H and O–H groups in total. The number of hydrogen-bond donors (Lipinski definition) is 1. The second-order valence-corrected chi connectivity index (χ2v) is 5.94. The predicted octanol–water partition coefficient (Wildman–Crippen LogP) is 3.03. The first kappa shape index (κ1) is 16.0. The largest absolute Gasteiger partial charge is 0.508 e. The minimum Gasteiger partial charge on any atom is -0.508 e. The van der Waals surface area contributed by atoms with E-state index in [1.807, 2.05) is 0 Å². The molecule has 0 heterocycles. The summed E-state index contributed by atoms with van der Waals surface area (Å²) in [7, 11) is 0. The molecule has 6 nitrogen and oxygen atoms in total. The van der Waals surface area contributed by atoms with E-state index < -0.39 is 4.92 Å². The highest BCUT2D eigenvalue weighted by Crippen LogP contribution is 2.31. The number of benzene rings is 2. The van der Waals surface area contributed by atoms with Gasteiger partial charge in [0, 0.05) is 23.2 Å². The van der Waals surface area contributed by atoms with E-state index in [4.69, 9.17) is 0 Å². The van der Waals surface area contributed by atoms with E-state index in [1.165, 1.54) is 6.07 Å². The van der Waals surface area contributed by atoms with Crippen LogP contribution >= 0.6 is 0 Å². The van der Waals surface area contributed by atoms with E-state index in [-0.39, 0.29) is 36.4 Å². The fraction of sp³-hybridized carbons (Fsp3) is 0.278. The molecule has 0 atom stereocenters. The van der Waals surface area contributed by atoms with Crippen molar-refractivity contribution in [1.82, 2.24) is 4.90 Å². The Balaban J connectivity index is 1.80. The number of phenolic OH excluding ortho intramolecular Hbond substituents is 1. The molecule has 2 aromatic rings. The molecule has 0 spiro atoms. The van der Waals surface area contributed by atoms with Crippen molar-refractivity contribution in [3.8, 4) is 5.75 Å². The Morgan fingerprint density at radius 1 is 1.12 bits per heavy atom. The van der Waals surface area contributed by atoms with Crippen molar-refractivity contribution in [2.75, 3.05) is 0 Å². The van der Waals surface area contributed by atoms with Crippen LogP contribution in [0.3, 0.4) is 0 Å². The van der Waals surface area contributed by atoms with Gasteiger partial charge in [0.05, 0.1) is 17.9 Å². The number of para-hydroxylation sites is 2. The number of aromatic hydroxyl groups is 1. The molecule has 3 rings (SSSR count). The van der Waals surface area contributed by atoms with Crippen LogP contribution in [0, 0.1) is 10.1 Å². The minimum atomic E-state index is -0.423. The van der Waals surface area contributed by atoms with E-state index in [0.29, 0.717) is 11.1 Å². The third-order valence-corrected chi connectivity index (χ3v) is 4.17. The Bertz CT molecular complexity index is 771. The molecule has 6 heteroatoms. The monoisotopic (exact) mass is 326 g/mol. The van der Waals surface area contributed by atoms with Crippen LogP contribution in [0.2, 0.25) is 0 Å². The summed E-state index contributed by atoms with van der Waals surface area (Å²) in [6, 6.07) is 13.3. The number of nitro groups is 1. The lowest BCUT2D eigenvalue weighted by atomic mass is 10.1. The van der Waals surface area contributed by atoms with Gasteiger partial charge in [-0.25, -0.2) is 0 Å². The SMILES string of the molecule is O=C(Cc1ccccc1O)N(Cc1ccccc1[N+](=O)[O-])C1CC1. The zero-order valence-electron chi connectivity index (χ0n) is 13.1. The van der Waals surface area contributed by atoms with Crippen LogP contribution in [0.15, 0.2) is 48.5 Å². The lowest BCUT2D eigenvalue weighted by Crippen LogP contribution is -2.34. The van der Waals surface area contributed by atoms with E-state index in [0.717, 1.165) is 12.8 Å². The first-order valence-electron chi connectivity index (χ1n) is 7.85. The summed E-state index contributed by atoms with van der Waals surface area (Å²) in [5.74, 6) is -0.0376. The maximum absolute atomic E-state index is 12.7. The molecular weight excluding hydrogens is 308 g/mol. The van der Waals surface area contributed by atoms with Gasteiger partial charge in [0.2, 0.25) is 5.91 Å². The van der Waals surface area contributed by atoms with Crippen molar-refractivity contribution >= 4 is 11.6 Å². The summed E-state index contributed by atoms with van der Waals surface area (Å²) in [5, 5.41) is 21.0. The number of nitro benzene ring substituents is 1. The zero-order chi connectivity index (χ0) is 17.1. The number of carbonyl (C=O) groups is 1. The van der Waals surface area contributed by atoms with Gasteiger partial charge in [-0.1, -0.05) is 36.4 Å². The van der Waals surface area contributed by atoms with Crippen LogP contribution in [0.1, 0.15) is 24.0 Å². The van der Waals surface area contributed by atoms with Gasteiger partial charge < -0.3 is 10.0 Å². The first-order chi connectivity index (χ1) is 11.6. The Hall–Kier alpha value is -2.89. The molecule has 1 aliphatic rings. The summed E-state index contributed by atoms with van der Waals surface area (Å²) >= 11 is 0. The molecule has 0 aromatic heterocycles.